The van der Waals surface area contributed by atoms with E-state index in [-0.39, 0.29) is 23.5 Å². The van der Waals surface area contributed by atoms with E-state index in [0.29, 0.717) is 50.9 Å². The molecule has 1 aromatic heterocycles. The molecular weight excluding hydrogens is 384 g/mol. The van der Waals surface area contributed by atoms with Gasteiger partial charge in [-0.3, -0.25) is 14.4 Å². The maximum absolute atomic E-state index is 12.8. The van der Waals surface area contributed by atoms with Gasteiger partial charge in [-0.25, -0.2) is 0 Å². The molecule has 154 valence electrons. The Balaban J connectivity index is 1.40. The zero-order valence-corrected chi connectivity index (χ0v) is 17.9. The first-order valence-corrected chi connectivity index (χ1v) is 11.1. The van der Waals surface area contributed by atoms with Gasteiger partial charge < -0.3 is 10.2 Å². The van der Waals surface area contributed by atoms with Gasteiger partial charge in [-0.1, -0.05) is 23.8 Å². The molecule has 5 nitrogen and oxygen atoms in total. The Bertz CT molecular complexity index is 868. The van der Waals surface area contributed by atoms with Crippen LogP contribution in [-0.4, -0.2) is 42.1 Å². The summed E-state index contributed by atoms with van der Waals surface area (Å²) >= 11 is 1.49. The lowest BCUT2D eigenvalue weighted by molar-refractivity contribution is -0.132. The number of hydrogen-bond acceptors (Lipinski definition) is 4. The van der Waals surface area contributed by atoms with E-state index in [1.54, 1.807) is 6.07 Å². The Hall–Kier alpha value is -2.47. The molecule has 0 atom stereocenters. The molecule has 1 aliphatic rings. The molecule has 0 bridgehead atoms. The van der Waals surface area contributed by atoms with Crippen LogP contribution in [0.2, 0.25) is 0 Å². The van der Waals surface area contributed by atoms with Gasteiger partial charge in [-0.05, 0) is 50.1 Å². The second kappa shape index (κ2) is 9.83. The van der Waals surface area contributed by atoms with Gasteiger partial charge in [0.2, 0.25) is 5.91 Å². The van der Waals surface area contributed by atoms with E-state index in [0.717, 1.165) is 16.7 Å². The highest BCUT2D eigenvalue weighted by Gasteiger charge is 2.28. The van der Waals surface area contributed by atoms with Crippen LogP contribution >= 0.6 is 11.3 Å². The van der Waals surface area contributed by atoms with Crippen LogP contribution in [0.15, 0.2) is 35.0 Å². The summed E-state index contributed by atoms with van der Waals surface area (Å²) in [5, 5.41) is 6.52. The monoisotopic (exact) mass is 412 g/mol. The molecule has 0 spiro atoms. The molecule has 2 aromatic rings. The lowest BCUT2D eigenvalue weighted by Crippen LogP contribution is -2.40. The van der Waals surface area contributed by atoms with Gasteiger partial charge in [0.25, 0.3) is 5.91 Å². The van der Waals surface area contributed by atoms with Crippen LogP contribution in [0.3, 0.4) is 0 Å². The number of thiophene rings is 1. The average molecular weight is 413 g/mol. The number of aryl methyl sites for hydroxylation is 2. The minimum absolute atomic E-state index is 0.00893. The van der Waals surface area contributed by atoms with E-state index in [4.69, 9.17) is 0 Å². The van der Waals surface area contributed by atoms with Crippen LogP contribution in [0.4, 0.5) is 0 Å². The minimum Gasteiger partial charge on any atom is -0.352 e. The number of nitrogens with one attached hydrogen (secondary N) is 1. The fourth-order valence-electron chi connectivity index (χ4n) is 3.80. The van der Waals surface area contributed by atoms with Crippen molar-refractivity contribution in [3.63, 3.8) is 0 Å². The van der Waals surface area contributed by atoms with Crippen molar-refractivity contribution in [2.45, 2.75) is 39.5 Å². The van der Waals surface area contributed by atoms with Crippen LogP contribution in [0.25, 0.3) is 0 Å². The summed E-state index contributed by atoms with van der Waals surface area (Å²) < 4.78 is 0. The van der Waals surface area contributed by atoms with Crippen molar-refractivity contribution >= 4 is 28.9 Å². The summed E-state index contributed by atoms with van der Waals surface area (Å²) in [4.78, 5) is 39.0. The van der Waals surface area contributed by atoms with Gasteiger partial charge in [-0.2, -0.15) is 11.3 Å². The molecule has 29 heavy (non-hydrogen) atoms. The van der Waals surface area contributed by atoms with Gasteiger partial charge in [-0.15, -0.1) is 0 Å². The maximum Gasteiger partial charge on any atom is 0.252 e. The Morgan fingerprint density at radius 3 is 2.55 bits per heavy atom. The molecule has 2 amide bonds. The number of piperidine rings is 1. The van der Waals surface area contributed by atoms with Crippen molar-refractivity contribution in [3.05, 3.63) is 57.3 Å². The van der Waals surface area contributed by atoms with Crippen LogP contribution in [0, 0.1) is 19.8 Å². The van der Waals surface area contributed by atoms with Crippen molar-refractivity contribution < 1.29 is 14.4 Å². The first kappa shape index (κ1) is 21.2. The zero-order chi connectivity index (χ0) is 20.8. The summed E-state index contributed by atoms with van der Waals surface area (Å²) in [7, 11) is 0. The average Bonchev–Trinajstić information content (AvgIpc) is 3.25. The third kappa shape index (κ3) is 5.54. The molecule has 1 saturated heterocycles. The van der Waals surface area contributed by atoms with Gasteiger partial charge in [0, 0.05) is 48.5 Å². The number of amides is 2. The van der Waals surface area contributed by atoms with Crippen molar-refractivity contribution in [2.24, 2.45) is 5.92 Å². The first-order valence-electron chi connectivity index (χ1n) is 10.2. The van der Waals surface area contributed by atoms with E-state index in [2.05, 4.69) is 5.32 Å². The number of hydrogen-bond donors (Lipinski definition) is 1. The fourth-order valence-corrected chi connectivity index (χ4v) is 4.43. The highest BCUT2D eigenvalue weighted by Crippen LogP contribution is 2.24. The number of Topliss-reactive ketones (excluding diaryl/α,β-unsaturated/α-hetero) is 1. The number of nitrogens with zero attached hydrogens (tertiary/aromatic N) is 1. The molecule has 1 aliphatic heterocycles. The van der Waals surface area contributed by atoms with E-state index in [1.807, 2.05) is 47.7 Å². The standard InChI is InChI=1S/C23H28N2O3S/c1-16-5-6-20(17(2)14-16)22(27)18-7-11-25(12-8-18)21(26)4-3-10-24-23(28)19-9-13-29-15-19/h5-6,9,13-15,18H,3-4,7-8,10-12H2,1-2H3,(H,24,28). The summed E-state index contributed by atoms with van der Waals surface area (Å²) in [6.07, 6.45) is 2.47. The molecule has 0 radical (unpaired) electrons. The van der Waals surface area contributed by atoms with Gasteiger partial charge in [0.15, 0.2) is 5.78 Å². The second-order valence-corrected chi connectivity index (χ2v) is 8.49. The molecule has 0 aliphatic carbocycles. The van der Waals surface area contributed by atoms with Crippen molar-refractivity contribution in [1.29, 1.82) is 0 Å². The molecule has 3 rings (SSSR count). The number of likely N-dealkylation sites (tertiary alicyclic amines) is 1. The number of benzene rings is 1. The third-order valence-electron chi connectivity index (χ3n) is 5.50. The van der Waals surface area contributed by atoms with Crippen molar-refractivity contribution in [3.8, 4) is 0 Å². The molecule has 0 saturated carbocycles. The molecule has 0 unspecified atom stereocenters. The highest BCUT2D eigenvalue weighted by atomic mass is 32.1. The normalized spacial score (nSPS) is 14.6. The van der Waals surface area contributed by atoms with E-state index in [9.17, 15) is 14.4 Å². The topological polar surface area (TPSA) is 66.5 Å². The number of carbonyl (C=O) groups is 3. The SMILES string of the molecule is Cc1ccc(C(=O)C2CCN(C(=O)CCCNC(=O)c3ccsc3)CC2)c(C)c1. The Kier molecular flexibility index (Phi) is 7.20. The van der Waals surface area contributed by atoms with Crippen molar-refractivity contribution in [2.75, 3.05) is 19.6 Å². The van der Waals surface area contributed by atoms with Gasteiger partial charge >= 0.3 is 0 Å². The Labute approximate surface area is 176 Å². The van der Waals surface area contributed by atoms with Gasteiger partial charge in [0.05, 0.1) is 0 Å². The smallest absolute Gasteiger partial charge is 0.252 e. The largest absolute Gasteiger partial charge is 0.352 e. The fraction of sp³-hybridized carbons (Fsp3) is 0.435. The van der Waals surface area contributed by atoms with Crippen LogP contribution in [0.5, 0.6) is 0 Å². The van der Waals surface area contributed by atoms with Crippen LogP contribution in [0.1, 0.15) is 57.5 Å². The minimum atomic E-state index is -0.0931. The van der Waals surface area contributed by atoms with Crippen LogP contribution in [-0.2, 0) is 4.79 Å². The number of rotatable bonds is 7. The Morgan fingerprint density at radius 1 is 1.14 bits per heavy atom. The lowest BCUT2D eigenvalue weighted by atomic mass is 9.87. The molecule has 1 fully saturated rings. The quantitative estimate of drug-likeness (QED) is 0.552. The second-order valence-electron chi connectivity index (χ2n) is 7.71. The molecule has 1 N–H and O–H groups in total. The predicted molar refractivity (Wildman–Crippen MR) is 115 cm³/mol. The van der Waals surface area contributed by atoms with E-state index < -0.39 is 0 Å². The van der Waals surface area contributed by atoms with E-state index >= 15 is 0 Å². The number of carbonyl (C=O) groups excluding carboxylic acids is 3. The van der Waals surface area contributed by atoms with Crippen molar-refractivity contribution in [1.82, 2.24) is 10.2 Å². The predicted octanol–water partition coefficient (Wildman–Crippen LogP) is 4.00. The first-order chi connectivity index (χ1) is 14.0. The molecular formula is C23H28N2O3S. The molecule has 2 heterocycles. The summed E-state index contributed by atoms with van der Waals surface area (Å²) in [6, 6.07) is 7.74. The van der Waals surface area contributed by atoms with Gasteiger partial charge in [0.1, 0.15) is 0 Å². The number of ketones is 1. The third-order valence-corrected chi connectivity index (χ3v) is 6.19. The molecule has 1 aromatic carbocycles. The summed E-state index contributed by atoms with van der Waals surface area (Å²) in [6.45, 7) is 5.75. The summed E-state index contributed by atoms with van der Waals surface area (Å²) in [5.41, 5.74) is 3.66. The maximum atomic E-state index is 12.8. The lowest BCUT2D eigenvalue weighted by Gasteiger charge is -2.31. The zero-order valence-electron chi connectivity index (χ0n) is 17.1. The summed E-state index contributed by atoms with van der Waals surface area (Å²) in [5.74, 6) is 0.202. The molecule has 6 heteroatoms. The highest BCUT2D eigenvalue weighted by molar-refractivity contribution is 7.08. The van der Waals surface area contributed by atoms with Crippen LogP contribution < -0.4 is 5.32 Å². The Morgan fingerprint density at radius 2 is 1.90 bits per heavy atom. The van der Waals surface area contributed by atoms with E-state index in [1.165, 1.54) is 11.3 Å².